The van der Waals surface area contributed by atoms with Crippen LogP contribution in [0.3, 0.4) is 0 Å². The molecular formula is C15H14BrNO3S. The molecule has 0 saturated heterocycles. The summed E-state index contributed by atoms with van der Waals surface area (Å²) in [5.41, 5.74) is 1.43. The van der Waals surface area contributed by atoms with E-state index < -0.39 is 5.97 Å². The molecule has 1 amide bonds. The molecule has 2 rings (SSSR count). The monoisotopic (exact) mass is 367 g/mol. The third-order valence-electron chi connectivity index (χ3n) is 3.03. The Morgan fingerprint density at radius 3 is 2.62 bits per heavy atom. The van der Waals surface area contributed by atoms with Crippen LogP contribution in [0.15, 0.2) is 28.7 Å². The summed E-state index contributed by atoms with van der Waals surface area (Å²) >= 11 is 4.66. The molecule has 0 saturated carbocycles. The Kier molecular flexibility index (Phi) is 4.80. The topological polar surface area (TPSA) is 66.4 Å². The van der Waals surface area contributed by atoms with E-state index in [1.807, 2.05) is 19.9 Å². The van der Waals surface area contributed by atoms with Gasteiger partial charge >= 0.3 is 5.97 Å². The lowest BCUT2D eigenvalue weighted by Crippen LogP contribution is -2.13. The molecular weight excluding hydrogens is 354 g/mol. The van der Waals surface area contributed by atoms with Crippen LogP contribution in [0.1, 0.15) is 37.4 Å². The van der Waals surface area contributed by atoms with Crippen molar-refractivity contribution < 1.29 is 14.7 Å². The van der Waals surface area contributed by atoms with Crippen molar-refractivity contribution in [2.45, 2.75) is 20.3 Å². The van der Waals surface area contributed by atoms with Crippen LogP contribution in [0.5, 0.6) is 0 Å². The molecule has 1 aromatic carbocycles. The van der Waals surface area contributed by atoms with Gasteiger partial charge < -0.3 is 10.4 Å². The second-order valence-electron chi connectivity index (χ2n) is 4.52. The van der Waals surface area contributed by atoms with Gasteiger partial charge in [-0.15, -0.1) is 11.3 Å². The first-order valence-corrected chi connectivity index (χ1v) is 7.96. The zero-order valence-corrected chi connectivity index (χ0v) is 14.0. The number of thiophene rings is 1. The van der Waals surface area contributed by atoms with Crippen LogP contribution < -0.4 is 5.32 Å². The summed E-state index contributed by atoms with van der Waals surface area (Å²) in [5.74, 6) is -1.36. The number of halogens is 1. The molecule has 2 aromatic rings. The first-order valence-electron chi connectivity index (χ1n) is 6.36. The lowest BCUT2D eigenvalue weighted by molar-refractivity contribution is 0.0698. The molecule has 1 aromatic heterocycles. The maximum Gasteiger partial charge on any atom is 0.337 e. The third kappa shape index (κ3) is 3.51. The molecule has 21 heavy (non-hydrogen) atoms. The number of rotatable bonds is 4. The SMILES string of the molecule is CCc1sc(C(=O)Nc2ccc(Br)cc2C(=O)O)cc1C. The van der Waals surface area contributed by atoms with Gasteiger partial charge in [-0.1, -0.05) is 22.9 Å². The highest BCUT2D eigenvalue weighted by Crippen LogP contribution is 2.25. The fourth-order valence-electron chi connectivity index (χ4n) is 1.97. The molecule has 1 heterocycles. The summed E-state index contributed by atoms with van der Waals surface area (Å²) in [6.45, 7) is 4.01. The summed E-state index contributed by atoms with van der Waals surface area (Å²) in [5, 5.41) is 11.9. The molecule has 0 fully saturated rings. The molecule has 0 spiro atoms. The van der Waals surface area contributed by atoms with Gasteiger partial charge in [0, 0.05) is 9.35 Å². The minimum atomic E-state index is -1.08. The average Bonchev–Trinajstić information content (AvgIpc) is 2.81. The van der Waals surface area contributed by atoms with Gasteiger partial charge in [-0.25, -0.2) is 4.79 Å². The van der Waals surface area contributed by atoms with Crippen molar-refractivity contribution in [2.75, 3.05) is 5.32 Å². The fraction of sp³-hybridized carbons (Fsp3) is 0.200. The van der Waals surface area contributed by atoms with E-state index in [1.165, 1.54) is 17.4 Å². The molecule has 4 nitrogen and oxygen atoms in total. The number of aromatic carboxylic acids is 1. The highest BCUT2D eigenvalue weighted by Gasteiger charge is 2.16. The largest absolute Gasteiger partial charge is 0.478 e. The Balaban J connectivity index is 2.29. The molecule has 0 bridgehead atoms. The number of amides is 1. The van der Waals surface area contributed by atoms with Crippen LogP contribution in [0, 0.1) is 6.92 Å². The van der Waals surface area contributed by atoms with Crippen LogP contribution in [0.25, 0.3) is 0 Å². The Hall–Kier alpha value is -1.66. The number of hydrogen-bond acceptors (Lipinski definition) is 3. The Bertz CT molecular complexity index is 709. The summed E-state index contributed by atoms with van der Waals surface area (Å²) in [6, 6.07) is 6.57. The smallest absolute Gasteiger partial charge is 0.337 e. The van der Waals surface area contributed by atoms with Crippen molar-refractivity contribution in [1.82, 2.24) is 0 Å². The van der Waals surface area contributed by atoms with Crippen LogP contribution in [0.4, 0.5) is 5.69 Å². The average molecular weight is 368 g/mol. The second kappa shape index (κ2) is 6.41. The zero-order chi connectivity index (χ0) is 15.6. The van der Waals surface area contributed by atoms with Crippen molar-refractivity contribution in [3.8, 4) is 0 Å². The van der Waals surface area contributed by atoms with Crippen molar-refractivity contribution >= 4 is 44.8 Å². The molecule has 110 valence electrons. The van der Waals surface area contributed by atoms with Crippen molar-refractivity contribution in [3.05, 3.63) is 49.6 Å². The third-order valence-corrected chi connectivity index (χ3v) is 4.90. The Morgan fingerprint density at radius 1 is 1.33 bits per heavy atom. The second-order valence-corrected chi connectivity index (χ2v) is 6.57. The van der Waals surface area contributed by atoms with E-state index in [0.29, 0.717) is 15.0 Å². The van der Waals surface area contributed by atoms with Gasteiger partial charge in [-0.2, -0.15) is 0 Å². The molecule has 0 aliphatic rings. The lowest BCUT2D eigenvalue weighted by Gasteiger charge is -2.07. The summed E-state index contributed by atoms with van der Waals surface area (Å²) in [4.78, 5) is 25.2. The number of aryl methyl sites for hydroxylation is 2. The molecule has 0 aliphatic carbocycles. The van der Waals surface area contributed by atoms with E-state index in [-0.39, 0.29) is 11.5 Å². The molecule has 0 aliphatic heterocycles. The first-order chi connectivity index (χ1) is 9.92. The number of nitrogens with one attached hydrogen (secondary N) is 1. The Morgan fingerprint density at radius 2 is 2.05 bits per heavy atom. The number of carbonyl (C=O) groups is 2. The maximum atomic E-state index is 12.2. The van der Waals surface area contributed by atoms with Gasteiger partial charge in [0.25, 0.3) is 5.91 Å². The van der Waals surface area contributed by atoms with Gasteiger partial charge in [0.1, 0.15) is 0 Å². The number of benzene rings is 1. The van der Waals surface area contributed by atoms with Gasteiger partial charge in [-0.3, -0.25) is 4.79 Å². The highest BCUT2D eigenvalue weighted by atomic mass is 79.9. The van der Waals surface area contributed by atoms with E-state index in [0.717, 1.165) is 16.9 Å². The lowest BCUT2D eigenvalue weighted by atomic mass is 10.1. The number of anilines is 1. The van der Waals surface area contributed by atoms with Crippen LogP contribution >= 0.6 is 27.3 Å². The number of carboxylic acid groups (broad SMARTS) is 1. The molecule has 0 radical (unpaired) electrons. The number of carboxylic acids is 1. The van der Waals surface area contributed by atoms with Crippen LogP contribution in [-0.2, 0) is 6.42 Å². The summed E-state index contributed by atoms with van der Waals surface area (Å²) in [6.07, 6.45) is 0.877. The predicted octanol–water partition coefficient (Wildman–Crippen LogP) is 4.33. The zero-order valence-electron chi connectivity index (χ0n) is 11.6. The van der Waals surface area contributed by atoms with E-state index >= 15 is 0 Å². The first kappa shape index (κ1) is 15.7. The van der Waals surface area contributed by atoms with E-state index in [4.69, 9.17) is 0 Å². The van der Waals surface area contributed by atoms with Gasteiger partial charge in [0.15, 0.2) is 0 Å². The van der Waals surface area contributed by atoms with Crippen molar-refractivity contribution in [3.63, 3.8) is 0 Å². The molecule has 2 N–H and O–H groups in total. The van der Waals surface area contributed by atoms with Crippen molar-refractivity contribution in [2.24, 2.45) is 0 Å². The van der Waals surface area contributed by atoms with Gasteiger partial charge in [0.2, 0.25) is 0 Å². The predicted molar refractivity (Wildman–Crippen MR) is 87.5 cm³/mol. The van der Waals surface area contributed by atoms with E-state index in [9.17, 15) is 14.7 Å². The fourth-order valence-corrected chi connectivity index (χ4v) is 3.34. The molecule has 0 unspecified atom stereocenters. The molecule has 6 heteroatoms. The maximum absolute atomic E-state index is 12.2. The minimum Gasteiger partial charge on any atom is -0.478 e. The normalized spacial score (nSPS) is 10.4. The van der Waals surface area contributed by atoms with Crippen LogP contribution in [0.2, 0.25) is 0 Å². The number of hydrogen-bond donors (Lipinski definition) is 2. The standard InChI is InChI=1S/C15H14BrNO3S/c1-3-12-8(2)6-13(21-12)14(18)17-11-5-4-9(16)7-10(11)15(19)20/h4-7H,3H2,1-2H3,(H,17,18)(H,19,20). The van der Waals surface area contributed by atoms with Crippen molar-refractivity contribution in [1.29, 1.82) is 0 Å². The van der Waals surface area contributed by atoms with Gasteiger partial charge in [0.05, 0.1) is 16.1 Å². The van der Waals surface area contributed by atoms with Crippen LogP contribution in [-0.4, -0.2) is 17.0 Å². The molecule has 0 atom stereocenters. The number of carbonyl (C=O) groups excluding carboxylic acids is 1. The Labute approximate surface area is 134 Å². The summed E-state index contributed by atoms with van der Waals surface area (Å²) in [7, 11) is 0. The minimum absolute atomic E-state index is 0.0571. The summed E-state index contributed by atoms with van der Waals surface area (Å²) < 4.78 is 0.651. The van der Waals surface area contributed by atoms with Gasteiger partial charge in [-0.05, 0) is 43.2 Å². The van der Waals surface area contributed by atoms with E-state index in [1.54, 1.807) is 12.1 Å². The highest BCUT2D eigenvalue weighted by molar-refractivity contribution is 9.10. The van der Waals surface area contributed by atoms with E-state index in [2.05, 4.69) is 21.2 Å². The quantitative estimate of drug-likeness (QED) is 0.844.